The van der Waals surface area contributed by atoms with Gasteiger partial charge in [0.05, 0.1) is 5.02 Å². The molecule has 3 saturated carbocycles. The number of fused-ring (bicyclic) bond motifs is 2. The molecule has 5 rings (SSSR count). The lowest BCUT2D eigenvalue weighted by molar-refractivity contribution is -0.126. The standard InChI is InChI=1S/C20H25ClFN3O3S/c1-10-9-29-20(23-10)19(27)25-17-7-16(11-4-12(17)5-11)24-18(26)8-28-13-2-3-14(21)15(22)6-13/h2-3,6,10-12,16-17,20,23H,4-5,7-9H2,1H3,(H,24,26)(H,25,27). The van der Waals surface area contributed by atoms with Crippen molar-refractivity contribution >= 4 is 35.2 Å². The molecule has 2 bridgehead atoms. The first kappa shape index (κ1) is 20.8. The van der Waals surface area contributed by atoms with Crippen LogP contribution in [0, 0.1) is 17.7 Å². The molecule has 0 aromatic heterocycles. The predicted octanol–water partition coefficient (Wildman–Crippen LogP) is 2.31. The van der Waals surface area contributed by atoms with Crippen LogP contribution in [0.1, 0.15) is 26.2 Å². The minimum Gasteiger partial charge on any atom is -0.484 e. The SMILES string of the molecule is CC1CSC(C(=O)NC2CC(NC(=O)COc3ccc(Cl)c(F)c3)C3CC2C3)N1. The summed E-state index contributed by atoms with van der Waals surface area (Å²) in [5.74, 6) is 1.34. The summed E-state index contributed by atoms with van der Waals surface area (Å²) < 4.78 is 18.8. The summed E-state index contributed by atoms with van der Waals surface area (Å²) in [5.41, 5.74) is 0. The van der Waals surface area contributed by atoms with E-state index in [0.717, 1.165) is 31.1 Å². The Labute approximate surface area is 178 Å². The third-order valence-electron chi connectivity index (χ3n) is 5.98. The van der Waals surface area contributed by atoms with E-state index in [1.165, 1.54) is 12.1 Å². The van der Waals surface area contributed by atoms with Crippen LogP contribution < -0.4 is 20.7 Å². The molecule has 1 heterocycles. The van der Waals surface area contributed by atoms with E-state index < -0.39 is 5.82 Å². The number of carbonyl (C=O) groups is 2. The Kier molecular flexibility index (Phi) is 6.22. The van der Waals surface area contributed by atoms with E-state index >= 15 is 0 Å². The van der Waals surface area contributed by atoms with Gasteiger partial charge in [-0.3, -0.25) is 14.9 Å². The van der Waals surface area contributed by atoms with Crippen LogP contribution in [0.3, 0.4) is 0 Å². The number of hydrogen-bond acceptors (Lipinski definition) is 5. The summed E-state index contributed by atoms with van der Waals surface area (Å²) in [7, 11) is 0. The van der Waals surface area contributed by atoms with Crippen molar-refractivity contribution in [2.24, 2.45) is 11.8 Å². The van der Waals surface area contributed by atoms with Crippen molar-refractivity contribution in [2.45, 2.75) is 49.7 Å². The Balaban J connectivity index is 1.26. The lowest BCUT2D eigenvalue weighted by atomic mass is 9.60. The molecule has 3 N–H and O–H groups in total. The number of hydrogen-bond donors (Lipinski definition) is 3. The van der Waals surface area contributed by atoms with E-state index in [2.05, 4.69) is 22.9 Å². The lowest BCUT2D eigenvalue weighted by Gasteiger charge is -2.51. The number of ether oxygens (including phenoxy) is 1. The first-order valence-electron chi connectivity index (χ1n) is 9.94. The molecule has 6 nitrogen and oxygen atoms in total. The summed E-state index contributed by atoms with van der Waals surface area (Å²) >= 11 is 7.28. The number of carbonyl (C=O) groups excluding carboxylic acids is 2. The highest BCUT2D eigenvalue weighted by Gasteiger charge is 2.47. The number of benzene rings is 1. The van der Waals surface area contributed by atoms with Gasteiger partial charge in [0, 0.05) is 29.9 Å². The first-order chi connectivity index (χ1) is 13.9. The van der Waals surface area contributed by atoms with Gasteiger partial charge in [-0.05, 0) is 50.2 Å². The normalized spacial score (nSPS) is 32.9. The second-order valence-corrected chi connectivity index (χ2v) is 9.71. The summed E-state index contributed by atoms with van der Waals surface area (Å²) in [6.07, 6.45) is 2.76. The maximum Gasteiger partial charge on any atom is 0.258 e. The Hall–Kier alpha value is -1.51. The number of rotatable bonds is 6. The number of nitrogens with one attached hydrogen (secondary N) is 3. The Bertz CT molecular complexity index is 792. The molecular formula is C20H25ClFN3O3S. The fraction of sp³-hybridized carbons (Fsp3) is 0.600. The van der Waals surface area contributed by atoms with Crippen molar-refractivity contribution in [3.8, 4) is 5.75 Å². The fourth-order valence-electron chi connectivity index (χ4n) is 4.35. The van der Waals surface area contributed by atoms with E-state index in [1.807, 2.05) is 0 Å². The maximum absolute atomic E-state index is 13.5. The van der Waals surface area contributed by atoms with E-state index in [0.29, 0.717) is 17.9 Å². The summed E-state index contributed by atoms with van der Waals surface area (Å²) in [6.45, 7) is 1.88. The Morgan fingerprint density at radius 1 is 1.24 bits per heavy atom. The van der Waals surface area contributed by atoms with Crippen LogP contribution >= 0.6 is 23.4 Å². The average molecular weight is 442 g/mol. The van der Waals surface area contributed by atoms with Crippen molar-refractivity contribution in [3.63, 3.8) is 0 Å². The van der Waals surface area contributed by atoms with Crippen LogP contribution in [0.25, 0.3) is 0 Å². The maximum atomic E-state index is 13.5. The summed E-state index contributed by atoms with van der Waals surface area (Å²) in [6, 6.07) is 4.53. The van der Waals surface area contributed by atoms with E-state index in [-0.39, 0.29) is 46.7 Å². The molecule has 4 aliphatic rings. The zero-order chi connectivity index (χ0) is 20.5. The molecule has 9 heteroatoms. The molecule has 2 amide bonds. The second-order valence-electron chi connectivity index (χ2n) is 8.16. The molecule has 158 valence electrons. The number of halogens is 2. The molecule has 1 aromatic rings. The summed E-state index contributed by atoms with van der Waals surface area (Å²) in [5, 5.41) is 9.31. The Morgan fingerprint density at radius 3 is 2.62 bits per heavy atom. The zero-order valence-corrected chi connectivity index (χ0v) is 17.7. The van der Waals surface area contributed by atoms with Crippen molar-refractivity contribution in [1.82, 2.24) is 16.0 Å². The van der Waals surface area contributed by atoms with Gasteiger partial charge in [-0.15, -0.1) is 11.8 Å². The van der Waals surface area contributed by atoms with Gasteiger partial charge in [0.2, 0.25) is 5.91 Å². The molecule has 3 aliphatic carbocycles. The minimum absolute atomic E-state index is 0.0114. The largest absolute Gasteiger partial charge is 0.484 e. The van der Waals surface area contributed by atoms with Gasteiger partial charge >= 0.3 is 0 Å². The molecule has 4 atom stereocenters. The molecule has 29 heavy (non-hydrogen) atoms. The third-order valence-corrected chi connectivity index (χ3v) is 7.66. The molecule has 4 fully saturated rings. The predicted molar refractivity (Wildman–Crippen MR) is 110 cm³/mol. The third kappa shape index (κ3) is 4.81. The molecule has 0 radical (unpaired) electrons. The van der Waals surface area contributed by atoms with Gasteiger partial charge in [-0.25, -0.2) is 4.39 Å². The van der Waals surface area contributed by atoms with Crippen molar-refractivity contribution < 1.29 is 18.7 Å². The number of amides is 2. The van der Waals surface area contributed by atoms with Crippen molar-refractivity contribution in [1.29, 1.82) is 0 Å². The monoisotopic (exact) mass is 441 g/mol. The van der Waals surface area contributed by atoms with Crippen molar-refractivity contribution in [2.75, 3.05) is 12.4 Å². The van der Waals surface area contributed by atoms with Crippen molar-refractivity contribution in [3.05, 3.63) is 29.0 Å². The summed E-state index contributed by atoms with van der Waals surface area (Å²) in [4.78, 5) is 24.8. The second kappa shape index (κ2) is 8.70. The minimum atomic E-state index is -0.583. The van der Waals surface area contributed by atoms with Gasteiger partial charge in [0.15, 0.2) is 6.61 Å². The highest BCUT2D eigenvalue weighted by atomic mass is 35.5. The van der Waals surface area contributed by atoms with Gasteiger partial charge in [0.1, 0.15) is 16.9 Å². The van der Waals surface area contributed by atoms with Crippen LogP contribution in [-0.4, -0.2) is 47.7 Å². The molecule has 1 aliphatic heterocycles. The first-order valence-corrected chi connectivity index (χ1v) is 11.4. The van der Waals surface area contributed by atoms with Gasteiger partial charge < -0.3 is 15.4 Å². The van der Waals surface area contributed by atoms with E-state index in [4.69, 9.17) is 16.3 Å². The average Bonchev–Trinajstić information content (AvgIpc) is 3.08. The highest BCUT2D eigenvalue weighted by molar-refractivity contribution is 8.00. The molecule has 4 unspecified atom stereocenters. The topological polar surface area (TPSA) is 79.5 Å². The lowest BCUT2D eigenvalue weighted by Crippen LogP contribution is -2.61. The molecular weight excluding hydrogens is 417 g/mol. The van der Waals surface area contributed by atoms with Gasteiger partial charge in [0.25, 0.3) is 5.91 Å². The van der Waals surface area contributed by atoms with E-state index in [1.54, 1.807) is 11.8 Å². The zero-order valence-electron chi connectivity index (χ0n) is 16.1. The van der Waals surface area contributed by atoms with E-state index in [9.17, 15) is 14.0 Å². The quantitative estimate of drug-likeness (QED) is 0.631. The van der Waals surface area contributed by atoms with Crippen LogP contribution in [0.2, 0.25) is 5.02 Å². The highest BCUT2D eigenvalue weighted by Crippen LogP contribution is 2.45. The molecule has 1 aromatic carbocycles. The van der Waals surface area contributed by atoms with Crippen LogP contribution in [0.4, 0.5) is 4.39 Å². The fourth-order valence-corrected chi connectivity index (χ4v) is 5.59. The van der Waals surface area contributed by atoms with Crippen LogP contribution in [-0.2, 0) is 9.59 Å². The van der Waals surface area contributed by atoms with Crippen LogP contribution in [0.15, 0.2) is 18.2 Å². The molecule has 0 spiro atoms. The molecule has 1 saturated heterocycles. The Morgan fingerprint density at radius 2 is 1.97 bits per heavy atom. The van der Waals surface area contributed by atoms with Gasteiger partial charge in [-0.1, -0.05) is 11.6 Å². The van der Waals surface area contributed by atoms with Crippen LogP contribution in [0.5, 0.6) is 5.75 Å². The smallest absolute Gasteiger partial charge is 0.258 e. The number of thioether (sulfide) groups is 1. The van der Waals surface area contributed by atoms with Gasteiger partial charge in [-0.2, -0.15) is 0 Å².